The van der Waals surface area contributed by atoms with Gasteiger partial charge in [0.1, 0.15) is 11.6 Å². The number of rotatable bonds is 3. The van der Waals surface area contributed by atoms with E-state index in [4.69, 9.17) is 0 Å². The van der Waals surface area contributed by atoms with Gasteiger partial charge in [0, 0.05) is 23.2 Å². The van der Waals surface area contributed by atoms with Crippen LogP contribution in [0.1, 0.15) is 0 Å². The van der Waals surface area contributed by atoms with E-state index in [0.717, 1.165) is 34.1 Å². The number of nitrogens with zero attached hydrogens (tertiary/aromatic N) is 4. The van der Waals surface area contributed by atoms with Crippen LogP contribution in [0.25, 0.3) is 44.8 Å². The molecule has 4 heteroatoms. The monoisotopic (exact) mass is 386 g/mol. The van der Waals surface area contributed by atoms with Crippen LogP contribution in [0.3, 0.4) is 0 Å². The Morgan fingerprint density at radius 3 is 1.33 bits per heavy atom. The number of pyridine rings is 2. The topological polar surface area (TPSA) is 35.6 Å². The van der Waals surface area contributed by atoms with Gasteiger partial charge in [-0.15, -0.1) is 0 Å². The Morgan fingerprint density at radius 2 is 0.900 bits per heavy atom. The summed E-state index contributed by atoms with van der Waals surface area (Å²) in [6.07, 6.45) is 3.67. The van der Waals surface area contributed by atoms with Gasteiger partial charge in [0.05, 0.1) is 22.4 Å². The standard InChI is InChI=1S/C26H18N4/c1-3-11-21-19(9-1)17-23(29(21)25-13-5-7-15-27-25)24-18-20-10-2-4-12-22(20)30(24)26-14-6-8-16-28-26/h1-18H. The van der Waals surface area contributed by atoms with Crippen molar-refractivity contribution >= 4 is 21.8 Å². The van der Waals surface area contributed by atoms with Gasteiger partial charge in [-0.25, -0.2) is 9.97 Å². The second-order valence-corrected chi connectivity index (χ2v) is 7.22. The van der Waals surface area contributed by atoms with Crippen LogP contribution in [-0.4, -0.2) is 19.1 Å². The zero-order valence-corrected chi connectivity index (χ0v) is 16.2. The molecule has 0 bridgehead atoms. The van der Waals surface area contributed by atoms with Crippen LogP contribution in [-0.2, 0) is 0 Å². The molecular formula is C26H18N4. The maximum Gasteiger partial charge on any atom is 0.137 e. The first-order valence-electron chi connectivity index (χ1n) is 9.94. The van der Waals surface area contributed by atoms with Crippen molar-refractivity contribution in [2.75, 3.05) is 0 Å². The van der Waals surface area contributed by atoms with E-state index in [1.54, 1.807) is 0 Å². The molecule has 0 radical (unpaired) electrons. The smallest absolute Gasteiger partial charge is 0.137 e. The fourth-order valence-corrected chi connectivity index (χ4v) is 4.15. The number of hydrogen-bond acceptors (Lipinski definition) is 2. The van der Waals surface area contributed by atoms with E-state index in [2.05, 4.69) is 79.8 Å². The summed E-state index contributed by atoms with van der Waals surface area (Å²) in [7, 11) is 0. The van der Waals surface area contributed by atoms with E-state index in [9.17, 15) is 0 Å². The third-order valence-corrected chi connectivity index (χ3v) is 5.44. The molecule has 0 aliphatic carbocycles. The minimum absolute atomic E-state index is 0.895. The lowest BCUT2D eigenvalue weighted by atomic mass is 10.2. The van der Waals surface area contributed by atoms with E-state index in [1.165, 1.54) is 10.8 Å². The quantitative estimate of drug-likeness (QED) is 0.372. The van der Waals surface area contributed by atoms with E-state index in [-0.39, 0.29) is 0 Å². The molecule has 4 nitrogen and oxygen atoms in total. The largest absolute Gasteiger partial charge is 0.292 e. The van der Waals surface area contributed by atoms with Gasteiger partial charge >= 0.3 is 0 Å². The molecule has 0 saturated carbocycles. The molecule has 2 aromatic carbocycles. The highest BCUT2D eigenvalue weighted by Crippen LogP contribution is 2.35. The van der Waals surface area contributed by atoms with E-state index in [0.29, 0.717) is 0 Å². The summed E-state index contributed by atoms with van der Waals surface area (Å²) in [6, 6.07) is 33.3. The number of para-hydroxylation sites is 2. The van der Waals surface area contributed by atoms with Gasteiger partial charge in [-0.3, -0.25) is 9.13 Å². The highest BCUT2D eigenvalue weighted by molar-refractivity contribution is 5.93. The fraction of sp³-hybridized carbons (Fsp3) is 0. The predicted molar refractivity (Wildman–Crippen MR) is 121 cm³/mol. The van der Waals surface area contributed by atoms with Gasteiger partial charge in [0.25, 0.3) is 0 Å². The Balaban J connectivity index is 1.74. The normalized spacial score (nSPS) is 11.3. The van der Waals surface area contributed by atoms with Crippen LogP contribution in [0.15, 0.2) is 109 Å². The lowest BCUT2D eigenvalue weighted by Gasteiger charge is -2.13. The summed E-state index contributed by atoms with van der Waals surface area (Å²) in [4.78, 5) is 9.30. The Morgan fingerprint density at radius 1 is 0.467 bits per heavy atom. The summed E-state index contributed by atoms with van der Waals surface area (Å²) in [5, 5.41) is 2.35. The van der Waals surface area contributed by atoms with Gasteiger partial charge in [0.15, 0.2) is 0 Å². The Labute approximate surface area is 173 Å². The summed E-state index contributed by atoms with van der Waals surface area (Å²) in [5.41, 5.74) is 4.42. The molecule has 0 atom stereocenters. The average molecular weight is 386 g/mol. The first-order valence-corrected chi connectivity index (χ1v) is 9.94. The van der Waals surface area contributed by atoms with Gasteiger partial charge < -0.3 is 0 Å². The molecule has 142 valence electrons. The third-order valence-electron chi connectivity index (χ3n) is 5.44. The Kier molecular flexibility index (Phi) is 3.74. The van der Waals surface area contributed by atoms with Crippen LogP contribution in [0, 0.1) is 0 Å². The van der Waals surface area contributed by atoms with Gasteiger partial charge in [-0.1, -0.05) is 48.5 Å². The molecule has 0 spiro atoms. The third kappa shape index (κ3) is 2.54. The molecule has 0 N–H and O–H groups in total. The number of hydrogen-bond donors (Lipinski definition) is 0. The Bertz CT molecular complexity index is 1360. The van der Waals surface area contributed by atoms with Gasteiger partial charge in [-0.2, -0.15) is 0 Å². The van der Waals surface area contributed by atoms with Crippen molar-refractivity contribution in [2.45, 2.75) is 0 Å². The lowest BCUT2D eigenvalue weighted by molar-refractivity contribution is 1.00. The van der Waals surface area contributed by atoms with Gasteiger partial charge in [0.2, 0.25) is 0 Å². The number of benzene rings is 2. The zero-order valence-electron chi connectivity index (χ0n) is 16.2. The minimum atomic E-state index is 0.895. The molecular weight excluding hydrogens is 368 g/mol. The molecule has 4 heterocycles. The fourth-order valence-electron chi connectivity index (χ4n) is 4.15. The maximum absolute atomic E-state index is 4.65. The van der Waals surface area contributed by atoms with Crippen molar-refractivity contribution in [3.8, 4) is 23.0 Å². The lowest BCUT2D eigenvalue weighted by Crippen LogP contribution is -2.04. The van der Waals surface area contributed by atoms with Crippen LogP contribution in [0.2, 0.25) is 0 Å². The zero-order chi connectivity index (χ0) is 19.9. The maximum atomic E-state index is 4.65. The molecule has 4 aromatic heterocycles. The second-order valence-electron chi connectivity index (χ2n) is 7.22. The highest BCUT2D eigenvalue weighted by atomic mass is 15.1. The molecule has 0 amide bonds. The van der Waals surface area contributed by atoms with Gasteiger partial charge in [-0.05, 0) is 48.5 Å². The SMILES string of the molecule is c1ccc(-n2c(-c3cc4ccccc4n3-c3ccccn3)cc3ccccc32)nc1. The molecule has 0 fully saturated rings. The first-order chi connectivity index (χ1) is 14.9. The summed E-state index contributed by atoms with van der Waals surface area (Å²) in [6.45, 7) is 0. The summed E-state index contributed by atoms with van der Waals surface area (Å²) < 4.78 is 4.45. The Hall–Kier alpha value is -4.18. The average Bonchev–Trinajstić information content (AvgIpc) is 3.39. The summed E-state index contributed by atoms with van der Waals surface area (Å²) in [5.74, 6) is 1.79. The van der Waals surface area contributed by atoms with Crippen molar-refractivity contribution in [2.24, 2.45) is 0 Å². The van der Waals surface area contributed by atoms with E-state index in [1.807, 2.05) is 48.8 Å². The van der Waals surface area contributed by atoms with Crippen molar-refractivity contribution < 1.29 is 0 Å². The van der Waals surface area contributed by atoms with Crippen LogP contribution < -0.4 is 0 Å². The number of fused-ring (bicyclic) bond motifs is 2. The first kappa shape index (κ1) is 16.7. The van der Waals surface area contributed by atoms with Crippen LogP contribution in [0.4, 0.5) is 0 Å². The molecule has 0 aliphatic rings. The second kappa shape index (κ2) is 6.71. The molecule has 0 unspecified atom stereocenters. The number of aromatic nitrogens is 4. The molecule has 6 rings (SSSR count). The molecule has 6 aromatic rings. The van der Waals surface area contributed by atoms with Crippen molar-refractivity contribution in [1.82, 2.24) is 19.1 Å². The molecule has 0 aliphatic heterocycles. The summed E-state index contributed by atoms with van der Waals surface area (Å²) >= 11 is 0. The van der Waals surface area contributed by atoms with Crippen LogP contribution in [0.5, 0.6) is 0 Å². The van der Waals surface area contributed by atoms with Crippen LogP contribution >= 0.6 is 0 Å². The predicted octanol–water partition coefficient (Wildman–Crippen LogP) is 6.03. The minimum Gasteiger partial charge on any atom is -0.292 e. The molecule has 30 heavy (non-hydrogen) atoms. The highest BCUT2D eigenvalue weighted by Gasteiger charge is 2.19. The van der Waals surface area contributed by atoms with E-state index < -0.39 is 0 Å². The van der Waals surface area contributed by atoms with Crippen molar-refractivity contribution in [1.29, 1.82) is 0 Å². The van der Waals surface area contributed by atoms with Crippen molar-refractivity contribution in [3.63, 3.8) is 0 Å². The molecule has 0 saturated heterocycles. The van der Waals surface area contributed by atoms with E-state index >= 15 is 0 Å². The van der Waals surface area contributed by atoms with Crippen molar-refractivity contribution in [3.05, 3.63) is 109 Å².